The van der Waals surface area contributed by atoms with Crippen molar-refractivity contribution in [2.45, 2.75) is 25.4 Å². The molecular weight excluding hydrogens is 257 g/mol. The van der Waals surface area contributed by atoms with Crippen LogP contribution in [0, 0.1) is 5.92 Å². The molecule has 0 atom stereocenters. The van der Waals surface area contributed by atoms with Crippen molar-refractivity contribution in [1.29, 1.82) is 0 Å². The first-order chi connectivity index (χ1) is 7.95. The van der Waals surface area contributed by atoms with Gasteiger partial charge < -0.3 is 4.74 Å². The first-order valence-electron chi connectivity index (χ1n) is 5.20. The topological polar surface area (TPSA) is 35.0 Å². The van der Waals surface area contributed by atoms with Crippen LogP contribution in [-0.4, -0.2) is 16.6 Å². The van der Waals surface area contributed by atoms with Gasteiger partial charge in [0, 0.05) is 6.07 Å². The molecule has 2 rings (SSSR count). The van der Waals surface area contributed by atoms with Gasteiger partial charge in [0.1, 0.15) is 0 Å². The molecule has 0 spiro atoms. The summed E-state index contributed by atoms with van der Waals surface area (Å²) in [6.07, 6.45) is -1.37. The summed E-state index contributed by atoms with van der Waals surface area (Å²) in [7, 11) is 0. The lowest BCUT2D eigenvalue weighted by molar-refractivity contribution is -0.141. The molecule has 0 unspecified atom stereocenters. The third-order valence-electron chi connectivity index (χ3n) is 2.44. The van der Waals surface area contributed by atoms with E-state index >= 15 is 0 Å². The molecular formula is C10H10ClF3N2O. The quantitative estimate of drug-likeness (QED) is 0.784. The monoisotopic (exact) mass is 266 g/mol. The van der Waals surface area contributed by atoms with Crippen LogP contribution in [0.3, 0.4) is 0 Å². The molecule has 1 aromatic heterocycles. The third kappa shape index (κ3) is 3.73. The third-order valence-corrected chi connectivity index (χ3v) is 2.61. The van der Waals surface area contributed by atoms with Crippen LogP contribution in [0.1, 0.15) is 25.0 Å². The Hall–Kier alpha value is -1.04. The van der Waals surface area contributed by atoms with E-state index in [2.05, 4.69) is 9.97 Å². The summed E-state index contributed by atoms with van der Waals surface area (Å²) in [5.41, 5.74) is -1.08. The minimum Gasteiger partial charge on any atom is -0.478 e. The van der Waals surface area contributed by atoms with Crippen molar-refractivity contribution in [2.24, 2.45) is 5.92 Å². The number of nitrogens with zero attached hydrogens (tertiary/aromatic N) is 2. The first-order valence-corrected chi connectivity index (χ1v) is 5.57. The fourth-order valence-corrected chi connectivity index (χ4v) is 1.53. The van der Waals surface area contributed by atoms with E-state index in [1.165, 1.54) is 12.8 Å². The first kappa shape index (κ1) is 12.4. The Bertz CT molecular complexity index is 407. The summed E-state index contributed by atoms with van der Waals surface area (Å²) in [5.74, 6) is 0.521. The summed E-state index contributed by atoms with van der Waals surface area (Å²) in [4.78, 5) is 6.71. The molecule has 1 saturated carbocycles. The molecule has 0 aliphatic heterocycles. The largest absolute Gasteiger partial charge is 0.478 e. The minimum atomic E-state index is -4.54. The van der Waals surface area contributed by atoms with E-state index in [9.17, 15) is 13.2 Å². The van der Waals surface area contributed by atoms with Crippen LogP contribution in [0.5, 0.6) is 5.88 Å². The number of hydrogen-bond donors (Lipinski definition) is 0. The van der Waals surface area contributed by atoms with E-state index < -0.39 is 17.2 Å². The molecule has 0 saturated heterocycles. The summed E-state index contributed by atoms with van der Waals surface area (Å²) in [5, 5.41) is -0.457. The molecule has 1 aliphatic rings. The predicted octanol–water partition coefficient (Wildman–Crippen LogP) is 3.33. The summed E-state index contributed by atoms with van der Waals surface area (Å²) >= 11 is 5.41. The molecule has 0 amide bonds. The Labute approximate surface area is 101 Å². The van der Waals surface area contributed by atoms with Crippen LogP contribution < -0.4 is 4.74 Å². The molecule has 0 N–H and O–H groups in total. The zero-order chi connectivity index (χ0) is 12.5. The van der Waals surface area contributed by atoms with Gasteiger partial charge in [0.15, 0.2) is 5.69 Å². The van der Waals surface area contributed by atoms with Gasteiger partial charge in [-0.25, -0.2) is 4.98 Å². The molecule has 1 fully saturated rings. The van der Waals surface area contributed by atoms with Crippen LogP contribution in [0.25, 0.3) is 0 Å². The highest BCUT2D eigenvalue weighted by Crippen LogP contribution is 2.33. The number of aromatic nitrogens is 2. The van der Waals surface area contributed by atoms with Gasteiger partial charge in [0.25, 0.3) is 0 Å². The Morgan fingerprint density at radius 3 is 2.65 bits per heavy atom. The lowest BCUT2D eigenvalue weighted by Crippen LogP contribution is -2.10. The fraction of sp³-hybridized carbons (Fsp3) is 0.600. The number of ether oxygens (including phenoxy) is 1. The summed E-state index contributed by atoms with van der Waals surface area (Å²) < 4.78 is 42.3. The minimum absolute atomic E-state index is 0.127. The molecule has 1 heterocycles. The van der Waals surface area contributed by atoms with Crippen molar-refractivity contribution in [3.63, 3.8) is 0 Å². The van der Waals surface area contributed by atoms with Crippen LogP contribution in [0.4, 0.5) is 13.2 Å². The molecule has 0 bridgehead atoms. The van der Waals surface area contributed by atoms with Crippen LogP contribution >= 0.6 is 11.6 Å². The van der Waals surface area contributed by atoms with Crippen LogP contribution in [-0.2, 0) is 6.18 Å². The zero-order valence-electron chi connectivity index (χ0n) is 8.80. The van der Waals surface area contributed by atoms with E-state index in [1.807, 2.05) is 0 Å². The maximum absolute atomic E-state index is 12.4. The van der Waals surface area contributed by atoms with Crippen LogP contribution in [0.15, 0.2) is 6.07 Å². The van der Waals surface area contributed by atoms with Gasteiger partial charge >= 0.3 is 6.18 Å². The van der Waals surface area contributed by atoms with Crippen molar-refractivity contribution in [1.82, 2.24) is 9.97 Å². The molecule has 7 heteroatoms. The van der Waals surface area contributed by atoms with Crippen molar-refractivity contribution >= 4 is 11.6 Å². The van der Waals surface area contributed by atoms with Gasteiger partial charge in [-0.05, 0) is 23.9 Å². The molecule has 3 nitrogen and oxygen atoms in total. The number of hydrogen-bond acceptors (Lipinski definition) is 3. The van der Waals surface area contributed by atoms with E-state index in [-0.39, 0.29) is 5.88 Å². The normalized spacial score (nSPS) is 16.0. The molecule has 17 heavy (non-hydrogen) atoms. The highest BCUT2D eigenvalue weighted by molar-refractivity contribution is 6.28. The van der Waals surface area contributed by atoms with Crippen molar-refractivity contribution < 1.29 is 17.9 Å². The van der Waals surface area contributed by atoms with Crippen LogP contribution in [0.2, 0.25) is 5.28 Å². The van der Waals surface area contributed by atoms with E-state index in [4.69, 9.17) is 16.3 Å². The average molecular weight is 267 g/mol. The SMILES string of the molecule is FC(F)(F)c1cc(OCCC2CC2)nc(Cl)n1. The smallest absolute Gasteiger partial charge is 0.433 e. The maximum atomic E-state index is 12.4. The Balaban J connectivity index is 2.02. The fourth-order valence-electron chi connectivity index (χ4n) is 1.35. The Morgan fingerprint density at radius 1 is 1.35 bits per heavy atom. The van der Waals surface area contributed by atoms with Crippen molar-refractivity contribution in [2.75, 3.05) is 6.61 Å². The van der Waals surface area contributed by atoms with Crippen molar-refractivity contribution in [3.8, 4) is 5.88 Å². The Morgan fingerprint density at radius 2 is 2.06 bits per heavy atom. The zero-order valence-corrected chi connectivity index (χ0v) is 9.55. The lowest BCUT2D eigenvalue weighted by Gasteiger charge is -2.09. The van der Waals surface area contributed by atoms with Gasteiger partial charge in [-0.15, -0.1) is 0 Å². The average Bonchev–Trinajstić information content (AvgIpc) is 2.99. The Kier molecular flexibility index (Phi) is 3.42. The van der Waals surface area contributed by atoms with E-state index in [0.717, 1.165) is 12.5 Å². The summed E-state index contributed by atoms with van der Waals surface area (Å²) in [6, 6.07) is 0.763. The van der Waals surface area contributed by atoms with E-state index in [1.54, 1.807) is 0 Å². The predicted molar refractivity (Wildman–Crippen MR) is 54.9 cm³/mol. The molecule has 0 aromatic carbocycles. The standard InChI is InChI=1S/C10H10ClF3N2O/c11-9-15-7(10(12,13)14)5-8(16-9)17-4-3-6-1-2-6/h5-6H,1-4H2. The number of halogens is 4. The second-order valence-electron chi connectivity index (χ2n) is 3.94. The van der Waals surface area contributed by atoms with Gasteiger partial charge in [0.2, 0.25) is 11.2 Å². The number of rotatable bonds is 4. The highest BCUT2D eigenvalue weighted by Gasteiger charge is 2.34. The molecule has 94 valence electrons. The maximum Gasteiger partial charge on any atom is 0.433 e. The van der Waals surface area contributed by atoms with Gasteiger partial charge in [-0.1, -0.05) is 12.8 Å². The second-order valence-corrected chi connectivity index (χ2v) is 4.28. The van der Waals surface area contributed by atoms with E-state index in [0.29, 0.717) is 12.5 Å². The second kappa shape index (κ2) is 4.68. The molecule has 1 aliphatic carbocycles. The lowest BCUT2D eigenvalue weighted by atomic mass is 10.3. The number of alkyl halides is 3. The van der Waals surface area contributed by atoms with Crippen molar-refractivity contribution in [3.05, 3.63) is 17.0 Å². The highest BCUT2D eigenvalue weighted by atomic mass is 35.5. The molecule has 1 aromatic rings. The van der Waals surface area contributed by atoms with Gasteiger partial charge in [-0.2, -0.15) is 18.2 Å². The van der Waals surface area contributed by atoms with Gasteiger partial charge in [-0.3, -0.25) is 0 Å². The summed E-state index contributed by atoms with van der Waals surface area (Å²) in [6.45, 7) is 0.356. The molecule has 0 radical (unpaired) electrons. The van der Waals surface area contributed by atoms with Gasteiger partial charge in [0.05, 0.1) is 6.61 Å².